The van der Waals surface area contributed by atoms with Crippen molar-refractivity contribution in [2.75, 3.05) is 5.73 Å². The van der Waals surface area contributed by atoms with Crippen LogP contribution in [0.15, 0.2) is 23.1 Å². The van der Waals surface area contributed by atoms with Crippen LogP contribution in [0.5, 0.6) is 11.8 Å². The van der Waals surface area contributed by atoms with E-state index in [0.29, 0.717) is 0 Å². The predicted octanol–water partition coefficient (Wildman–Crippen LogP) is 1.23. The van der Waals surface area contributed by atoms with Gasteiger partial charge in [0.2, 0.25) is 10.6 Å². The third-order valence-corrected chi connectivity index (χ3v) is 3.59. The maximum absolute atomic E-state index is 11.9. The molecule has 0 unspecified atom stereocenters. The van der Waals surface area contributed by atoms with Gasteiger partial charge in [-0.3, -0.25) is 0 Å². The minimum atomic E-state index is -4.37. The summed E-state index contributed by atoms with van der Waals surface area (Å²) < 4.78 is 28.5. The minimum Gasteiger partial charge on any atom is -0.506 e. The van der Waals surface area contributed by atoms with Crippen LogP contribution in [0.1, 0.15) is 0 Å². The van der Waals surface area contributed by atoms with Gasteiger partial charge >= 0.3 is 16.1 Å². The zero-order valence-corrected chi connectivity index (χ0v) is 11.8. The third-order valence-electron chi connectivity index (χ3n) is 2.00. The van der Waals surface area contributed by atoms with Crippen LogP contribution in [0.2, 0.25) is 10.6 Å². The van der Waals surface area contributed by atoms with Crippen LogP contribution in [0, 0.1) is 0 Å². The largest absolute Gasteiger partial charge is 0.506 e. The number of rotatable bonds is 3. The normalized spacial score (nSPS) is 11.3. The van der Waals surface area contributed by atoms with Crippen LogP contribution in [0.4, 0.5) is 5.69 Å². The Morgan fingerprint density at radius 2 is 1.75 bits per heavy atom. The number of hydrogen-bond acceptors (Lipinski definition) is 8. The van der Waals surface area contributed by atoms with E-state index < -0.39 is 26.8 Å². The van der Waals surface area contributed by atoms with Gasteiger partial charge in [0, 0.05) is 11.8 Å². The number of nitrogens with zero attached hydrogens (tertiary/aromatic N) is 3. The molecule has 0 aliphatic carbocycles. The van der Waals surface area contributed by atoms with Crippen LogP contribution in [0.25, 0.3) is 0 Å². The monoisotopic (exact) mass is 336 g/mol. The van der Waals surface area contributed by atoms with Crippen molar-refractivity contribution in [3.63, 3.8) is 0 Å². The van der Waals surface area contributed by atoms with Gasteiger partial charge in [-0.25, -0.2) is 0 Å². The Morgan fingerprint density at radius 1 is 1.15 bits per heavy atom. The van der Waals surface area contributed by atoms with Gasteiger partial charge in [0.1, 0.15) is 10.6 Å². The molecule has 0 atom stereocenters. The lowest BCUT2D eigenvalue weighted by molar-refractivity contribution is 0.437. The quantitative estimate of drug-likeness (QED) is 0.632. The first-order valence-electron chi connectivity index (χ1n) is 4.88. The van der Waals surface area contributed by atoms with Gasteiger partial charge in [-0.15, -0.1) is 0 Å². The zero-order valence-electron chi connectivity index (χ0n) is 9.49. The lowest BCUT2D eigenvalue weighted by atomic mass is 10.3. The average Bonchev–Trinajstić information content (AvgIpc) is 2.25. The molecule has 11 heteroatoms. The first kappa shape index (κ1) is 14.6. The smallest absolute Gasteiger partial charge is 0.345 e. The Bertz CT molecular complexity index is 748. The lowest BCUT2D eigenvalue weighted by Crippen LogP contribution is -2.12. The summed E-state index contributed by atoms with van der Waals surface area (Å²) >= 11 is 11.0. The molecule has 1 aromatic carbocycles. The van der Waals surface area contributed by atoms with Crippen molar-refractivity contribution < 1.29 is 17.7 Å². The lowest BCUT2D eigenvalue weighted by Gasteiger charge is -2.07. The second-order valence-electron chi connectivity index (χ2n) is 3.42. The van der Waals surface area contributed by atoms with Gasteiger partial charge < -0.3 is 15.0 Å². The Balaban J connectivity index is 2.40. The van der Waals surface area contributed by atoms with E-state index in [0.717, 1.165) is 12.1 Å². The van der Waals surface area contributed by atoms with Crippen LogP contribution in [0.3, 0.4) is 0 Å². The van der Waals surface area contributed by atoms with Gasteiger partial charge in [0.15, 0.2) is 0 Å². The average molecular weight is 337 g/mol. The number of aromatic hydroxyl groups is 1. The molecule has 0 radical (unpaired) electrons. The van der Waals surface area contributed by atoms with Gasteiger partial charge in [-0.1, -0.05) is 0 Å². The Kier molecular flexibility index (Phi) is 3.84. The van der Waals surface area contributed by atoms with Crippen LogP contribution in [-0.2, 0) is 10.1 Å². The fraction of sp³-hybridized carbons (Fsp3) is 0. The Hall–Kier alpha value is -1.84. The van der Waals surface area contributed by atoms with E-state index in [2.05, 4.69) is 19.1 Å². The SMILES string of the molecule is Nc1ccc(S(=O)(=O)Oc2nc(Cl)nc(Cl)n2)c(O)c1. The van der Waals surface area contributed by atoms with Crippen molar-refractivity contribution in [1.29, 1.82) is 0 Å². The molecule has 2 aromatic rings. The molecule has 8 nitrogen and oxygen atoms in total. The van der Waals surface area contributed by atoms with Crippen molar-refractivity contribution >= 4 is 39.0 Å². The van der Waals surface area contributed by atoms with Gasteiger partial charge in [0.05, 0.1) is 0 Å². The molecule has 20 heavy (non-hydrogen) atoms. The number of nitrogen functional groups attached to an aromatic ring is 1. The molecule has 0 aliphatic heterocycles. The standard InChI is InChI=1S/C9H6Cl2N4O4S/c10-7-13-8(11)15-9(14-7)19-20(17,18)6-2-1-4(12)3-5(6)16/h1-3,16H,12H2. The van der Waals surface area contributed by atoms with E-state index in [4.69, 9.17) is 28.9 Å². The zero-order chi connectivity index (χ0) is 14.9. The molecule has 0 spiro atoms. The molecule has 2 rings (SSSR count). The second-order valence-corrected chi connectivity index (χ2v) is 5.61. The number of anilines is 1. The number of benzene rings is 1. The maximum atomic E-state index is 11.9. The summed E-state index contributed by atoms with van der Waals surface area (Å²) in [5, 5.41) is 8.90. The summed E-state index contributed by atoms with van der Waals surface area (Å²) in [7, 11) is -4.37. The van der Waals surface area contributed by atoms with Gasteiger partial charge in [-0.2, -0.15) is 23.4 Å². The summed E-state index contributed by atoms with van der Waals surface area (Å²) in [6, 6.07) is 2.79. The highest BCUT2D eigenvalue weighted by molar-refractivity contribution is 7.87. The van der Waals surface area contributed by atoms with Crippen molar-refractivity contribution in [2.24, 2.45) is 0 Å². The Morgan fingerprint density at radius 3 is 2.30 bits per heavy atom. The molecule has 0 bridgehead atoms. The highest BCUT2D eigenvalue weighted by atomic mass is 35.5. The molecule has 106 valence electrons. The number of halogens is 2. The van der Waals surface area contributed by atoms with E-state index in [1.807, 2.05) is 0 Å². The molecule has 1 heterocycles. The molecular formula is C9H6Cl2N4O4S. The number of hydrogen-bond donors (Lipinski definition) is 2. The number of aromatic nitrogens is 3. The first-order valence-corrected chi connectivity index (χ1v) is 7.04. The maximum Gasteiger partial charge on any atom is 0.345 e. The summed E-state index contributed by atoms with van der Waals surface area (Å²) in [5.41, 5.74) is 5.59. The van der Waals surface area contributed by atoms with E-state index in [1.165, 1.54) is 6.07 Å². The van der Waals surface area contributed by atoms with Gasteiger partial charge in [0.25, 0.3) is 0 Å². The fourth-order valence-electron chi connectivity index (χ4n) is 1.24. The molecular weight excluding hydrogens is 331 g/mol. The summed E-state index contributed by atoms with van der Waals surface area (Å²) in [6.07, 6.45) is 0. The van der Waals surface area contributed by atoms with Crippen LogP contribution >= 0.6 is 23.2 Å². The summed E-state index contributed by atoms with van der Waals surface area (Å²) in [6.45, 7) is 0. The summed E-state index contributed by atoms with van der Waals surface area (Å²) in [5.74, 6) is -0.573. The van der Waals surface area contributed by atoms with E-state index >= 15 is 0 Å². The predicted molar refractivity (Wildman–Crippen MR) is 70.2 cm³/mol. The van der Waals surface area contributed by atoms with Crippen LogP contribution in [-0.4, -0.2) is 28.5 Å². The second kappa shape index (κ2) is 5.27. The van der Waals surface area contributed by atoms with E-state index in [9.17, 15) is 13.5 Å². The van der Waals surface area contributed by atoms with Crippen LogP contribution < -0.4 is 9.92 Å². The van der Waals surface area contributed by atoms with Crippen molar-refractivity contribution in [3.05, 3.63) is 28.8 Å². The number of nitrogens with two attached hydrogens (primary N) is 1. The third kappa shape index (κ3) is 3.18. The molecule has 0 fully saturated rings. The van der Waals surface area contributed by atoms with E-state index in [-0.39, 0.29) is 16.3 Å². The highest BCUT2D eigenvalue weighted by Crippen LogP contribution is 2.27. The van der Waals surface area contributed by atoms with Gasteiger partial charge in [-0.05, 0) is 35.3 Å². The highest BCUT2D eigenvalue weighted by Gasteiger charge is 2.23. The summed E-state index contributed by atoms with van der Waals surface area (Å²) in [4.78, 5) is 9.82. The number of phenolic OH excluding ortho intramolecular Hbond substituents is 1. The molecule has 0 aliphatic rings. The molecule has 0 saturated heterocycles. The fourth-order valence-corrected chi connectivity index (χ4v) is 2.49. The van der Waals surface area contributed by atoms with Crippen molar-refractivity contribution in [3.8, 4) is 11.8 Å². The first-order chi connectivity index (χ1) is 9.28. The minimum absolute atomic E-state index is 0.188. The van der Waals surface area contributed by atoms with Crippen molar-refractivity contribution in [1.82, 2.24) is 15.0 Å². The molecule has 0 amide bonds. The number of phenols is 1. The van der Waals surface area contributed by atoms with E-state index in [1.54, 1.807) is 0 Å². The Labute approximate surface area is 123 Å². The molecule has 0 saturated carbocycles. The topological polar surface area (TPSA) is 128 Å². The molecule has 1 aromatic heterocycles. The van der Waals surface area contributed by atoms with Crippen molar-refractivity contribution in [2.45, 2.75) is 4.90 Å². The molecule has 3 N–H and O–H groups in total.